The lowest BCUT2D eigenvalue weighted by Crippen LogP contribution is -2.24. The van der Waals surface area contributed by atoms with Gasteiger partial charge in [0, 0.05) is 39.3 Å². The first-order valence-electron chi connectivity index (χ1n) is 7.57. The van der Waals surface area contributed by atoms with Gasteiger partial charge in [0.2, 0.25) is 5.91 Å². The number of aromatic nitrogens is 2. The molecule has 0 aliphatic heterocycles. The Labute approximate surface area is 140 Å². The number of benzene rings is 1. The van der Waals surface area contributed by atoms with Crippen LogP contribution in [-0.4, -0.2) is 34.7 Å². The molecule has 1 heterocycles. The van der Waals surface area contributed by atoms with E-state index >= 15 is 0 Å². The molecule has 0 fully saturated rings. The van der Waals surface area contributed by atoms with E-state index in [9.17, 15) is 14.9 Å². The van der Waals surface area contributed by atoms with Gasteiger partial charge in [-0.3, -0.25) is 19.6 Å². The molecule has 8 nitrogen and oxygen atoms in total. The van der Waals surface area contributed by atoms with E-state index in [4.69, 9.17) is 0 Å². The summed E-state index contributed by atoms with van der Waals surface area (Å²) in [7, 11) is 3.96. The van der Waals surface area contributed by atoms with Crippen molar-refractivity contribution in [3.8, 4) is 0 Å². The van der Waals surface area contributed by atoms with Crippen molar-refractivity contribution in [2.75, 3.05) is 19.0 Å². The molecule has 0 saturated carbocycles. The zero-order valence-electron chi connectivity index (χ0n) is 14.0. The summed E-state index contributed by atoms with van der Waals surface area (Å²) in [6.45, 7) is 2.77. The summed E-state index contributed by atoms with van der Waals surface area (Å²) in [5.74, 6) is -0.121. The molecule has 0 unspecified atom stereocenters. The largest absolute Gasteiger partial charge is 0.378 e. The monoisotopic (exact) mass is 331 g/mol. The molecular weight excluding hydrogens is 310 g/mol. The zero-order chi connectivity index (χ0) is 17.7. The van der Waals surface area contributed by atoms with Gasteiger partial charge in [0.25, 0.3) is 0 Å². The van der Waals surface area contributed by atoms with Gasteiger partial charge in [-0.05, 0) is 30.2 Å². The van der Waals surface area contributed by atoms with Crippen LogP contribution in [0.1, 0.15) is 17.5 Å². The van der Waals surface area contributed by atoms with Crippen molar-refractivity contribution in [1.29, 1.82) is 0 Å². The highest BCUT2D eigenvalue weighted by Crippen LogP contribution is 2.17. The van der Waals surface area contributed by atoms with Crippen LogP contribution in [0.15, 0.2) is 30.6 Å². The molecule has 0 spiro atoms. The van der Waals surface area contributed by atoms with Crippen molar-refractivity contribution in [3.63, 3.8) is 0 Å². The van der Waals surface area contributed by atoms with E-state index in [1.54, 1.807) is 0 Å². The third-order valence-electron chi connectivity index (χ3n) is 3.72. The standard InChI is InChI=1S/C16H21N5O3/c1-12-8-14(19(2)3)5-4-13(12)9-17-16(22)6-7-20-11-15(10-18-20)21(23)24/h4-5,8,10-11H,6-7,9H2,1-3H3,(H,17,22). The van der Waals surface area contributed by atoms with E-state index in [0.29, 0.717) is 13.1 Å². The predicted octanol–water partition coefficient (Wildman–Crippen LogP) is 1.87. The molecule has 0 aliphatic rings. The number of rotatable bonds is 7. The molecular formula is C16H21N5O3. The van der Waals surface area contributed by atoms with Gasteiger partial charge in [-0.2, -0.15) is 5.10 Å². The van der Waals surface area contributed by atoms with Gasteiger partial charge in [0.15, 0.2) is 0 Å². The Balaban J connectivity index is 1.83. The molecule has 0 atom stereocenters. The smallest absolute Gasteiger partial charge is 0.306 e. The second kappa shape index (κ2) is 7.58. The summed E-state index contributed by atoms with van der Waals surface area (Å²) < 4.78 is 1.40. The fourth-order valence-electron chi connectivity index (χ4n) is 2.22. The van der Waals surface area contributed by atoms with Crippen LogP contribution in [-0.2, 0) is 17.9 Å². The number of nitrogens with zero attached hydrogens (tertiary/aromatic N) is 4. The van der Waals surface area contributed by atoms with E-state index < -0.39 is 4.92 Å². The SMILES string of the molecule is Cc1cc(N(C)C)ccc1CNC(=O)CCn1cc([N+](=O)[O-])cn1. The van der Waals surface area contributed by atoms with Crippen LogP contribution in [0.5, 0.6) is 0 Å². The van der Waals surface area contributed by atoms with Gasteiger partial charge in [-0.25, -0.2) is 0 Å². The molecule has 128 valence electrons. The number of hydrogen-bond acceptors (Lipinski definition) is 5. The Morgan fingerprint density at radius 2 is 2.17 bits per heavy atom. The van der Waals surface area contributed by atoms with Crippen LogP contribution in [0.3, 0.4) is 0 Å². The fraction of sp³-hybridized carbons (Fsp3) is 0.375. The van der Waals surface area contributed by atoms with Crippen molar-refractivity contribution in [2.24, 2.45) is 0 Å². The molecule has 2 aromatic rings. The Kier molecular flexibility index (Phi) is 5.51. The summed E-state index contributed by atoms with van der Waals surface area (Å²) >= 11 is 0. The zero-order valence-corrected chi connectivity index (χ0v) is 14.0. The third-order valence-corrected chi connectivity index (χ3v) is 3.72. The van der Waals surface area contributed by atoms with Crippen molar-refractivity contribution >= 4 is 17.3 Å². The first-order chi connectivity index (χ1) is 11.4. The van der Waals surface area contributed by atoms with Crippen LogP contribution in [0.4, 0.5) is 11.4 Å². The van der Waals surface area contributed by atoms with Gasteiger partial charge in [-0.1, -0.05) is 6.07 Å². The molecule has 2 rings (SSSR count). The van der Waals surface area contributed by atoms with Crippen LogP contribution in [0.2, 0.25) is 0 Å². The maximum absolute atomic E-state index is 11.9. The lowest BCUT2D eigenvalue weighted by atomic mass is 10.1. The van der Waals surface area contributed by atoms with E-state index in [2.05, 4.69) is 16.5 Å². The molecule has 0 radical (unpaired) electrons. The summed E-state index contributed by atoms with van der Waals surface area (Å²) in [6, 6.07) is 6.09. The van der Waals surface area contributed by atoms with Gasteiger partial charge in [0.05, 0.1) is 4.92 Å². The second-order valence-corrected chi connectivity index (χ2v) is 5.75. The molecule has 1 N–H and O–H groups in total. The lowest BCUT2D eigenvalue weighted by Gasteiger charge is -2.15. The topological polar surface area (TPSA) is 93.3 Å². The Hall–Kier alpha value is -2.90. The molecule has 1 aromatic carbocycles. The Morgan fingerprint density at radius 1 is 1.42 bits per heavy atom. The second-order valence-electron chi connectivity index (χ2n) is 5.75. The van der Waals surface area contributed by atoms with E-state index in [1.165, 1.54) is 17.1 Å². The Morgan fingerprint density at radius 3 is 2.75 bits per heavy atom. The van der Waals surface area contributed by atoms with Gasteiger partial charge in [0.1, 0.15) is 12.4 Å². The van der Waals surface area contributed by atoms with Crippen molar-refractivity contribution in [2.45, 2.75) is 26.4 Å². The third kappa shape index (κ3) is 4.55. The molecule has 0 saturated heterocycles. The number of nitro groups is 1. The highest BCUT2D eigenvalue weighted by molar-refractivity contribution is 5.75. The minimum Gasteiger partial charge on any atom is -0.378 e. The van der Waals surface area contributed by atoms with Gasteiger partial charge < -0.3 is 10.2 Å². The highest BCUT2D eigenvalue weighted by Gasteiger charge is 2.10. The lowest BCUT2D eigenvalue weighted by molar-refractivity contribution is -0.385. The quantitative estimate of drug-likeness (QED) is 0.617. The van der Waals surface area contributed by atoms with Crippen molar-refractivity contribution in [3.05, 3.63) is 51.8 Å². The van der Waals surface area contributed by atoms with Crippen LogP contribution in [0, 0.1) is 17.0 Å². The summed E-state index contributed by atoms with van der Waals surface area (Å²) in [4.78, 5) is 24.0. The first-order valence-corrected chi connectivity index (χ1v) is 7.57. The number of anilines is 1. The fourth-order valence-corrected chi connectivity index (χ4v) is 2.22. The average Bonchev–Trinajstić information content (AvgIpc) is 3.00. The molecule has 0 bridgehead atoms. The number of carbonyl (C=O) groups excluding carboxylic acids is 1. The van der Waals surface area contributed by atoms with Gasteiger partial charge in [-0.15, -0.1) is 0 Å². The highest BCUT2D eigenvalue weighted by atomic mass is 16.6. The van der Waals surface area contributed by atoms with E-state index in [0.717, 1.165) is 16.8 Å². The van der Waals surface area contributed by atoms with Crippen LogP contribution >= 0.6 is 0 Å². The molecule has 0 aliphatic carbocycles. The normalized spacial score (nSPS) is 10.5. The number of hydrogen-bond donors (Lipinski definition) is 1. The van der Waals surface area contributed by atoms with E-state index in [-0.39, 0.29) is 18.0 Å². The summed E-state index contributed by atoms with van der Waals surface area (Å²) in [5, 5.41) is 17.3. The van der Waals surface area contributed by atoms with Gasteiger partial charge >= 0.3 is 5.69 Å². The van der Waals surface area contributed by atoms with Crippen molar-refractivity contribution in [1.82, 2.24) is 15.1 Å². The van der Waals surface area contributed by atoms with E-state index in [1.807, 2.05) is 38.1 Å². The Bertz CT molecular complexity index is 739. The molecule has 8 heteroatoms. The first kappa shape index (κ1) is 17.5. The predicted molar refractivity (Wildman–Crippen MR) is 90.9 cm³/mol. The summed E-state index contributed by atoms with van der Waals surface area (Å²) in [5.41, 5.74) is 3.21. The number of aryl methyl sites for hydroxylation is 2. The average molecular weight is 331 g/mol. The van der Waals surface area contributed by atoms with Crippen LogP contribution in [0.25, 0.3) is 0 Å². The molecule has 1 aromatic heterocycles. The minimum atomic E-state index is -0.510. The van der Waals surface area contributed by atoms with Crippen molar-refractivity contribution < 1.29 is 9.72 Å². The number of carbonyl (C=O) groups is 1. The van der Waals surface area contributed by atoms with Crippen LogP contribution < -0.4 is 10.2 Å². The molecule has 24 heavy (non-hydrogen) atoms. The number of amides is 1. The molecule has 1 amide bonds. The summed E-state index contributed by atoms with van der Waals surface area (Å²) in [6.07, 6.45) is 2.71. The maximum Gasteiger partial charge on any atom is 0.306 e. The number of nitrogens with one attached hydrogen (secondary N) is 1. The maximum atomic E-state index is 11.9. The minimum absolute atomic E-state index is 0.0768.